The van der Waals surface area contributed by atoms with Crippen LogP contribution in [0, 0.1) is 5.92 Å². The van der Waals surface area contributed by atoms with Crippen molar-refractivity contribution in [3.05, 3.63) is 83.4 Å². The molecule has 0 unspecified atom stereocenters. The van der Waals surface area contributed by atoms with Gasteiger partial charge in [-0.25, -0.2) is 9.96 Å². The maximum atomic E-state index is 13.6. The fourth-order valence-corrected chi connectivity index (χ4v) is 4.48. The Morgan fingerprint density at radius 1 is 0.758 bits per heavy atom. The van der Waals surface area contributed by atoms with Gasteiger partial charge in [-0.15, -0.1) is 0 Å². The second-order valence-electron chi connectivity index (χ2n) is 7.78. The van der Waals surface area contributed by atoms with E-state index in [1.54, 1.807) is 43.5 Å². The van der Waals surface area contributed by atoms with Gasteiger partial charge in [0.2, 0.25) is 5.91 Å². The predicted octanol–water partition coefficient (Wildman–Crippen LogP) is 4.41. The van der Waals surface area contributed by atoms with Gasteiger partial charge >= 0.3 is 0 Å². The molecule has 2 aliphatic heterocycles. The number of hydroxylamine groups is 1. The number of ether oxygens (including phenoxy) is 2. The van der Waals surface area contributed by atoms with Gasteiger partial charge in [-0.3, -0.25) is 14.4 Å². The lowest BCUT2D eigenvalue weighted by Crippen LogP contribution is -2.37. The lowest BCUT2D eigenvalue weighted by atomic mass is 9.90. The third-order valence-electron chi connectivity index (χ3n) is 5.98. The number of nitrogens with zero attached hydrogens (tertiary/aromatic N) is 2. The van der Waals surface area contributed by atoms with Crippen LogP contribution in [0.4, 0.5) is 11.4 Å². The lowest BCUT2D eigenvalue weighted by Gasteiger charge is -2.29. The molecule has 7 nitrogen and oxygen atoms in total. The van der Waals surface area contributed by atoms with E-state index in [-0.39, 0.29) is 5.91 Å². The summed E-state index contributed by atoms with van der Waals surface area (Å²) in [6, 6.07) is 20.8. The summed E-state index contributed by atoms with van der Waals surface area (Å²) in [7, 11) is 3.19. The van der Waals surface area contributed by atoms with Crippen LogP contribution in [0.2, 0.25) is 5.02 Å². The molecule has 0 radical (unpaired) electrons. The first-order chi connectivity index (χ1) is 16.0. The molecule has 0 aromatic heterocycles. The third kappa shape index (κ3) is 3.59. The summed E-state index contributed by atoms with van der Waals surface area (Å²) in [4.78, 5) is 34.2. The lowest BCUT2D eigenvalue weighted by molar-refractivity contribution is -0.126. The van der Waals surface area contributed by atoms with Gasteiger partial charge in [-0.05, 0) is 66.2 Å². The van der Waals surface area contributed by atoms with Gasteiger partial charge in [0.15, 0.2) is 6.10 Å². The zero-order valence-electron chi connectivity index (χ0n) is 18.0. The first kappa shape index (κ1) is 21.3. The third-order valence-corrected chi connectivity index (χ3v) is 6.24. The van der Waals surface area contributed by atoms with Crippen molar-refractivity contribution in [2.75, 3.05) is 24.2 Å². The Kier molecular flexibility index (Phi) is 5.44. The minimum atomic E-state index is -0.942. The first-order valence-electron chi connectivity index (χ1n) is 10.4. The highest BCUT2D eigenvalue weighted by molar-refractivity contribution is 6.31. The Balaban J connectivity index is 1.56. The highest BCUT2D eigenvalue weighted by Crippen LogP contribution is 2.48. The zero-order valence-corrected chi connectivity index (χ0v) is 18.7. The van der Waals surface area contributed by atoms with Gasteiger partial charge in [0.1, 0.15) is 17.4 Å². The maximum absolute atomic E-state index is 13.6. The van der Waals surface area contributed by atoms with Gasteiger partial charge in [0.05, 0.1) is 31.6 Å². The van der Waals surface area contributed by atoms with Crippen molar-refractivity contribution in [3.8, 4) is 11.5 Å². The molecule has 3 atom stereocenters. The van der Waals surface area contributed by atoms with Gasteiger partial charge in [-0.1, -0.05) is 23.7 Å². The molecule has 2 heterocycles. The van der Waals surface area contributed by atoms with E-state index in [1.807, 2.05) is 48.5 Å². The number of imide groups is 1. The van der Waals surface area contributed by atoms with Crippen LogP contribution >= 0.6 is 11.6 Å². The highest BCUT2D eigenvalue weighted by Gasteiger charge is 2.60. The number of hydrogen-bond donors (Lipinski definition) is 0. The van der Waals surface area contributed by atoms with Crippen LogP contribution in [0.15, 0.2) is 72.8 Å². The Bertz CT molecular complexity index is 1180. The van der Waals surface area contributed by atoms with Gasteiger partial charge < -0.3 is 9.47 Å². The smallest absolute Gasteiger partial charge is 0.266 e. The zero-order chi connectivity index (χ0) is 23.1. The number of carbonyl (C=O) groups is 2. The number of amides is 2. The number of rotatable bonds is 5. The van der Waals surface area contributed by atoms with Crippen LogP contribution < -0.4 is 19.4 Å². The summed E-state index contributed by atoms with van der Waals surface area (Å²) < 4.78 is 10.5. The largest absolute Gasteiger partial charge is 0.497 e. The molecular weight excluding hydrogens is 444 g/mol. The van der Waals surface area contributed by atoms with E-state index in [9.17, 15) is 9.59 Å². The molecule has 0 bridgehead atoms. The molecule has 8 heteroatoms. The summed E-state index contributed by atoms with van der Waals surface area (Å²) in [5.41, 5.74) is 2.01. The maximum Gasteiger partial charge on any atom is 0.266 e. The molecule has 33 heavy (non-hydrogen) atoms. The summed E-state index contributed by atoms with van der Waals surface area (Å²) in [5, 5.41) is 2.17. The van der Waals surface area contributed by atoms with E-state index < -0.39 is 24.0 Å². The van der Waals surface area contributed by atoms with E-state index >= 15 is 0 Å². The molecule has 5 rings (SSSR count). The van der Waals surface area contributed by atoms with Crippen molar-refractivity contribution in [1.29, 1.82) is 0 Å². The quantitative estimate of drug-likeness (QED) is 0.521. The monoisotopic (exact) mass is 464 g/mol. The number of halogens is 1. The number of methoxy groups -OCH3 is 2. The molecular formula is C25H21ClN2O5. The van der Waals surface area contributed by atoms with Crippen molar-refractivity contribution in [2.45, 2.75) is 12.1 Å². The second-order valence-corrected chi connectivity index (χ2v) is 8.22. The predicted molar refractivity (Wildman–Crippen MR) is 124 cm³/mol. The molecule has 2 aliphatic rings. The van der Waals surface area contributed by atoms with Crippen LogP contribution in [0.3, 0.4) is 0 Å². The van der Waals surface area contributed by atoms with Crippen LogP contribution in [0.1, 0.15) is 11.6 Å². The van der Waals surface area contributed by atoms with E-state index in [0.717, 1.165) is 5.56 Å². The number of carbonyl (C=O) groups excluding carboxylic acids is 2. The van der Waals surface area contributed by atoms with Crippen LogP contribution in [0.5, 0.6) is 11.5 Å². The van der Waals surface area contributed by atoms with Crippen LogP contribution in [-0.2, 0) is 14.4 Å². The van der Waals surface area contributed by atoms with Crippen molar-refractivity contribution in [2.24, 2.45) is 5.92 Å². The Hall–Kier alpha value is -3.55. The van der Waals surface area contributed by atoms with Gasteiger partial charge in [0.25, 0.3) is 5.91 Å². The van der Waals surface area contributed by atoms with Crippen LogP contribution in [0.25, 0.3) is 0 Å². The Labute approximate surface area is 196 Å². The van der Waals surface area contributed by atoms with Crippen molar-refractivity contribution < 1.29 is 23.9 Å². The Morgan fingerprint density at radius 3 is 1.88 bits per heavy atom. The number of anilines is 2. The van der Waals surface area contributed by atoms with Crippen molar-refractivity contribution >= 4 is 34.8 Å². The summed E-state index contributed by atoms with van der Waals surface area (Å²) in [6.45, 7) is 0. The van der Waals surface area contributed by atoms with Crippen LogP contribution in [-0.4, -0.2) is 32.1 Å². The van der Waals surface area contributed by atoms with E-state index in [1.165, 1.54) is 4.90 Å². The van der Waals surface area contributed by atoms with E-state index in [0.29, 0.717) is 27.9 Å². The molecule has 0 saturated carbocycles. The average Bonchev–Trinajstić information content (AvgIpc) is 3.36. The number of hydrogen-bond acceptors (Lipinski definition) is 6. The number of fused-ring (bicyclic) bond motifs is 1. The fourth-order valence-electron chi connectivity index (χ4n) is 4.35. The molecule has 0 aliphatic carbocycles. The van der Waals surface area contributed by atoms with Gasteiger partial charge in [0, 0.05) is 5.02 Å². The second kappa shape index (κ2) is 8.42. The normalized spacial score (nSPS) is 22.0. The molecule has 2 fully saturated rings. The SMILES string of the molecule is COc1ccc([C@@H]2[C@@H]3C(=O)N(c4ccc(Cl)cc4)C(=O)[C@H]3ON2c2ccc(OC)cc2)cc1. The topological polar surface area (TPSA) is 68.3 Å². The highest BCUT2D eigenvalue weighted by atomic mass is 35.5. The van der Waals surface area contributed by atoms with Crippen molar-refractivity contribution in [1.82, 2.24) is 0 Å². The molecule has 168 valence electrons. The summed E-state index contributed by atoms with van der Waals surface area (Å²) in [5.74, 6) is -0.0447. The first-order valence-corrected chi connectivity index (χ1v) is 10.8. The molecule has 0 N–H and O–H groups in total. The van der Waals surface area contributed by atoms with Gasteiger partial charge in [-0.2, -0.15) is 0 Å². The molecule has 2 saturated heterocycles. The summed E-state index contributed by atoms with van der Waals surface area (Å²) >= 11 is 5.98. The molecule has 3 aromatic carbocycles. The van der Waals surface area contributed by atoms with Crippen molar-refractivity contribution in [3.63, 3.8) is 0 Å². The van der Waals surface area contributed by atoms with E-state index in [2.05, 4.69) is 0 Å². The van der Waals surface area contributed by atoms with E-state index in [4.69, 9.17) is 25.9 Å². The minimum Gasteiger partial charge on any atom is -0.497 e. The number of benzene rings is 3. The fraction of sp³-hybridized carbons (Fsp3) is 0.200. The summed E-state index contributed by atoms with van der Waals surface area (Å²) in [6.07, 6.45) is -0.942. The average molecular weight is 465 g/mol. The Morgan fingerprint density at radius 2 is 1.30 bits per heavy atom. The molecule has 2 amide bonds. The standard InChI is InChI=1S/C25H21ClN2O5/c1-31-19-11-3-15(4-12-19)22-21-23(33-28(22)18-9-13-20(32-2)14-10-18)25(30)27(24(21)29)17-7-5-16(26)6-8-17/h3-14,21-23H,1-2H3/t21-,22+,23-/m0/s1. The molecule has 0 spiro atoms. The molecule has 3 aromatic rings. The minimum absolute atomic E-state index is 0.316.